The lowest BCUT2D eigenvalue weighted by Gasteiger charge is -2.06. The minimum absolute atomic E-state index is 0.238. The monoisotopic (exact) mass is 289 g/mol. The van der Waals surface area contributed by atoms with E-state index in [9.17, 15) is 4.79 Å². The van der Waals surface area contributed by atoms with Crippen molar-refractivity contribution in [1.82, 2.24) is 20.3 Å². The van der Waals surface area contributed by atoms with Crippen LogP contribution in [0.2, 0.25) is 0 Å². The number of rotatable bonds is 8. The molecular formula is C14H19N5O2. The van der Waals surface area contributed by atoms with Crippen molar-refractivity contribution < 1.29 is 9.53 Å². The lowest BCUT2D eigenvalue weighted by molar-refractivity contribution is 0.0946. The zero-order chi connectivity index (χ0) is 14.9. The third-order valence-electron chi connectivity index (χ3n) is 2.75. The summed E-state index contributed by atoms with van der Waals surface area (Å²) in [4.78, 5) is 11.8. The Balaban J connectivity index is 1.64. The van der Waals surface area contributed by atoms with Crippen LogP contribution in [-0.2, 0) is 6.54 Å². The minimum Gasteiger partial charge on any atom is -0.494 e. The molecule has 7 nitrogen and oxygen atoms in total. The Morgan fingerprint density at radius 1 is 1.33 bits per heavy atom. The van der Waals surface area contributed by atoms with E-state index < -0.39 is 0 Å². The first-order valence-corrected chi connectivity index (χ1v) is 6.86. The lowest BCUT2D eigenvalue weighted by atomic mass is 10.3. The number of amides is 1. The van der Waals surface area contributed by atoms with E-state index in [1.165, 1.54) is 0 Å². The summed E-state index contributed by atoms with van der Waals surface area (Å²) in [6.45, 7) is 2.08. The Bertz CT molecular complexity index is 556. The third-order valence-corrected chi connectivity index (χ3v) is 2.75. The van der Waals surface area contributed by atoms with Crippen molar-refractivity contribution in [3.63, 3.8) is 0 Å². The van der Waals surface area contributed by atoms with Crippen LogP contribution >= 0.6 is 0 Å². The van der Waals surface area contributed by atoms with Gasteiger partial charge in [-0.25, -0.2) is 0 Å². The summed E-state index contributed by atoms with van der Waals surface area (Å²) >= 11 is 0. The quantitative estimate of drug-likeness (QED) is 0.687. The molecule has 0 unspecified atom stereocenters. The number of nitrogens with zero attached hydrogens (tertiary/aromatic N) is 3. The van der Waals surface area contributed by atoms with E-state index in [1.54, 1.807) is 10.9 Å². The number of para-hydroxylation sites is 1. The van der Waals surface area contributed by atoms with Gasteiger partial charge in [0.05, 0.1) is 19.3 Å². The Kier molecular flexibility index (Phi) is 5.71. The number of hydrogen-bond acceptors (Lipinski definition) is 5. The second-order valence-corrected chi connectivity index (χ2v) is 4.43. The number of nitrogens with two attached hydrogens (primary N) is 1. The van der Waals surface area contributed by atoms with Gasteiger partial charge >= 0.3 is 0 Å². The summed E-state index contributed by atoms with van der Waals surface area (Å²) in [6, 6.07) is 9.57. The van der Waals surface area contributed by atoms with Crippen LogP contribution in [0.1, 0.15) is 16.9 Å². The summed E-state index contributed by atoms with van der Waals surface area (Å²) in [5.74, 6) is 0.589. The molecule has 21 heavy (non-hydrogen) atoms. The van der Waals surface area contributed by atoms with Gasteiger partial charge in [-0.3, -0.25) is 9.48 Å². The van der Waals surface area contributed by atoms with Crippen LogP contribution in [0.4, 0.5) is 0 Å². The van der Waals surface area contributed by atoms with Crippen LogP contribution in [0, 0.1) is 0 Å². The van der Waals surface area contributed by atoms with E-state index in [-0.39, 0.29) is 5.91 Å². The van der Waals surface area contributed by atoms with Crippen LogP contribution in [0.25, 0.3) is 0 Å². The topological polar surface area (TPSA) is 95.1 Å². The van der Waals surface area contributed by atoms with Crippen molar-refractivity contribution in [2.75, 3.05) is 19.7 Å². The molecule has 0 atom stereocenters. The number of hydrogen-bond donors (Lipinski definition) is 2. The molecule has 1 amide bonds. The zero-order valence-corrected chi connectivity index (χ0v) is 11.7. The van der Waals surface area contributed by atoms with Crippen LogP contribution < -0.4 is 15.8 Å². The number of benzene rings is 1. The van der Waals surface area contributed by atoms with Gasteiger partial charge in [0, 0.05) is 13.1 Å². The van der Waals surface area contributed by atoms with Gasteiger partial charge in [0.15, 0.2) is 5.69 Å². The fraction of sp³-hybridized carbons (Fsp3) is 0.357. The summed E-state index contributed by atoms with van der Waals surface area (Å²) < 4.78 is 7.08. The molecule has 0 saturated heterocycles. The average Bonchev–Trinajstić information content (AvgIpc) is 2.97. The van der Waals surface area contributed by atoms with Gasteiger partial charge in [-0.15, -0.1) is 5.10 Å². The molecule has 0 spiro atoms. The minimum atomic E-state index is -0.238. The summed E-state index contributed by atoms with van der Waals surface area (Å²) in [5, 5.41) is 10.4. The van der Waals surface area contributed by atoms with Crippen molar-refractivity contribution in [3.8, 4) is 5.75 Å². The number of carbonyl (C=O) groups excluding carboxylic acids is 1. The molecule has 1 heterocycles. The maximum Gasteiger partial charge on any atom is 0.273 e. The van der Waals surface area contributed by atoms with E-state index >= 15 is 0 Å². The van der Waals surface area contributed by atoms with Gasteiger partial charge in [-0.2, -0.15) is 0 Å². The normalized spacial score (nSPS) is 10.3. The molecule has 0 aliphatic heterocycles. The van der Waals surface area contributed by atoms with Crippen molar-refractivity contribution in [2.45, 2.75) is 13.0 Å². The van der Waals surface area contributed by atoms with Crippen LogP contribution in [0.5, 0.6) is 5.75 Å². The summed E-state index contributed by atoms with van der Waals surface area (Å²) in [5.41, 5.74) is 5.70. The Morgan fingerprint density at radius 3 is 2.90 bits per heavy atom. The SMILES string of the molecule is NCCn1cc(C(=O)NCCCOc2ccccc2)nn1. The summed E-state index contributed by atoms with van der Waals surface area (Å²) in [6.07, 6.45) is 2.31. The maximum absolute atomic E-state index is 11.8. The highest BCUT2D eigenvalue weighted by atomic mass is 16.5. The zero-order valence-electron chi connectivity index (χ0n) is 11.7. The Morgan fingerprint density at radius 2 is 2.14 bits per heavy atom. The van der Waals surface area contributed by atoms with Gasteiger partial charge in [-0.05, 0) is 18.6 Å². The van der Waals surface area contributed by atoms with Gasteiger partial charge in [-0.1, -0.05) is 23.4 Å². The highest BCUT2D eigenvalue weighted by Gasteiger charge is 2.09. The van der Waals surface area contributed by atoms with Crippen molar-refractivity contribution in [3.05, 3.63) is 42.2 Å². The number of nitrogens with one attached hydrogen (secondary N) is 1. The van der Waals surface area contributed by atoms with E-state index in [0.29, 0.717) is 31.9 Å². The molecule has 2 aromatic rings. The summed E-state index contributed by atoms with van der Waals surface area (Å²) in [7, 11) is 0. The predicted octanol–water partition coefficient (Wildman–Crippen LogP) is 0.436. The second kappa shape index (κ2) is 8.01. The molecule has 1 aromatic carbocycles. The predicted molar refractivity (Wildman–Crippen MR) is 78.0 cm³/mol. The average molecular weight is 289 g/mol. The van der Waals surface area contributed by atoms with E-state index in [0.717, 1.165) is 12.2 Å². The largest absolute Gasteiger partial charge is 0.494 e. The lowest BCUT2D eigenvalue weighted by Crippen LogP contribution is -2.26. The molecular weight excluding hydrogens is 270 g/mol. The molecule has 0 bridgehead atoms. The molecule has 2 rings (SSSR count). The second-order valence-electron chi connectivity index (χ2n) is 4.43. The first-order chi connectivity index (χ1) is 10.3. The van der Waals surface area contributed by atoms with Gasteiger partial charge in [0.25, 0.3) is 5.91 Å². The van der Waals surface area contributed by atoms with Crippen molar-refractivity contribution >= 4 is 5.91 Å². The van der Waals surface area contributed by atoms with Crippen LogP contribution in [0.3, 0.4) is 0 Å². The van der Waals surface area contributed by atoms with Gasteiger partial charge < -0.3 is 15.8 Å². The van der Waals surface area contributed by atoms with Gasteiger partial charge in [0.2, 0.25) is 0 Å². The van der Waals surface area contributed by atoms with E-state index in [1.807, 2.05) is 30.3 Å². The van der Waals surface area contributed by atoms with Crippen molar-refractivity contribution in [2.24, 2.45) is 5.73 Å². The number of aromatic nitrogens is 3. The highest BCUT2D eigenvalue weighted by Crippen LogP contribution is 2.08. The Labute approximate surface area is 123 Å². The maximum atomic E-state index is 11.8. The van der Waals surface area contributed by atoms with E-state index in [2.05, 4.69) is 15.6 Å². The standard InChI is InChI=1S/C14H19N5O2/c15-7-9-19-11-13(17-18-19)14(20)16-8-4-10-21-12-5-2-1-3-6-12/h1-3,5-6,11H,4,7-10,15H2,(H,16,20). The number of ether oxygens (including phenoxy) is 1. The first kappa shape index (κ1) is 15.0. The Hall–Kier alpha value is -2.41. The molecule has 1 aromatic heterocycles. The van der Waals surface area contributed by atoms with Crippen LogP contribution in [0.15, 0.2) is 36.5 Å². The molecule has 112 valence electrons. The molecule has 7 heteroatoms. The molecule has 0 aliphatic carbocycles. The van der Waals surface area contributed by atoms with Crippen LogP contribution in [-0.4, -0.2) is 40.6 Å². The molecule has 3 N–H and O–H groups in total. The molecule has 0 fully saturated rings. The molecule has 0 aliphatic rings. The fourth-order valence-corrected chi connectivity index (χ4v) is 1.72. The van der Waals surface area contributed by atoms with Gasteiger partial charge in [0.1, 0.15) is 5.75 Å². The number of carbonyl (C=O) groups is 1. The van der Waals surface area contributed by atoms with Crippen molar-refractivity contribution in [1.29, 1.82) is 0 Å². The molecule has 0 saturated carbocycles. The highest BCUT2D eigenvalue weighted by molar-refractivity contribution is 5.91. The third kappa shape index (κ3) is 4.88. The van der Waals surface area contributed by atoms with E-state index in [4.69, 9.17) is 10.5 Å². The first-order valence-electron chi connectivity index (χ1n) is 6.86. The smallest absolute Gasteiger partial charge is 0.273 e. The molecule has 0 radical (unpaired) electrons. The fourth-order valence-electron chi connectivity index (χ4n) is 1.72.